The molecule has 0 saturated carbocycles. The lowest BCUT2D eigenvalue weighted by atomic mass is 9.93. The normalized spacial score (nSPS) is 13.8. The van der Waals surface area contributed by atoms with Gasteiger partial charge in [-0.1, -0.05) is 18.5 Å². The highest BCUT2D eigenvalue weighted by atomic mass is 35.5. The summed E-state index contributed by atoms with van der Waals surface area (Å²) in [6.45, 7) is 2.19. The number of methoxy groups -OCH3 is 3. The third kappa shape index (κ3) is 3.48. The van der Waals surface area contributed by atoms with E-state index in [2.05, 4.69) is 0 Å². The molecule has 0 spiro atoms. The molecule has 0 aromatic heterocycles. The van der Waals surface area contributed by atoms with Gasteiger partial charge >= 0.3 is 0 Å². The smallest absolute Gasteiger partial charge is 0.205 e. The second kappa shape index (κ2) is 7.57. The Balaban J connectivity index is 3.28. The van der Waals surface area contributed by atoms with Gasteiger partial charge in [-0.2, -0.15) is 0 Å². The molecule has 0 fully saturated rings. The van der Waals surface area contributed by atoms with Gasteiger partial charge < -0.3 is 25.1 Å². The minimum absolute atomic E-state index is 0.0146. The Morgan fingerprint density at radius 2 is 1.70 bits per heavy atom. The highest BCUT2D eigenvalue weighted by molar-refractivity contribution is 6.32. The van der Waals surface area contributed by atoms with Crippen LogP contribution in [0.5, 0.6) is 17.2 Å². The molecule has 0 aliphatic rings. The van der Waals surface area contributed by atoms with E-state index < -0.39 is 6.10 Å². The quantitative estimate of drug-likeness (QED) is 0.807. The molecular weight excluding hydrogens is 282 g/mol. The maximum absolute atomic E-state index is 9.70. The third-order valence-corrected chi connectivity index (χ3v) is 3.50. The molecule has 2 atom stereocenters. The van der Waals surface area contributed by atoms with Crippen molar-refractivity contribution in [3.63, 3.8) is 0 Å². The van der Waals surface area contributed by atoms with Crippen molar-refractivity contribution in [2.24, 2.45) is 5.73 Å². The Kier molecular flexibility index (Phi) is 6.39. The molecule has 0 amide bonds. The van der Waals surface area contributed by atoms with Crippen molar-refractivity contribution < 1.29 is 19.3 Å². The Morgan fingerprint density at radius 3 is 2.15 bits per heavy atom. The predicted octanol–water partition coefficient (Wildman–Crippen LogP) is 2.18. The van der Waals surface area contributed by atoms with E-state index in [1.54, 1.807) is 13.2 Å². The SMILES string of the molecule is COc1c(Cl)cc(C(C)CC(O)CN)c(OC)c1OC. The summed E-state index contributed by atoms with van der Waals surface area (Å²) in [5.41, 5.74) is 6.30. The van der Waals surface area contributed by atoms with Crippen LogP contribution in [0, 0.1) is 0 Å². The average Bonchev–Trinajstić information content (AvgIpc) is 2.45. The van der Waals surface area contributed by atoms with Crippen LogP contribution in [0.15, 0.2) is 6.07 Å². The van der Waals surface area contributed by atoms with E-state index in [-0.39, 0.29) is 12.5 Å². The van der Waals surface area contributed by atoms with Gasteiger partial charge in [0.25, 0.3) is 0 Å². The lowest BCUT2D eigenvalue weighted by Crippen LogP contribution is -2.21. The van der Waals surface area contributed by atoms with Gasteiger partial charge in [-0.05, 0) is 18.4 Å². The Labute approximate surface area is 124 Å². The van der Waals surface area contributed by atoms with E-state index in [4.69, 9.17) is 31.5 Å². The molecule has 2 unspecified atom stereocenters. The van der Waals surface area contributed by atoms with Gasteiger partial charge in [-0.15, -0.1) is 0 Å². The molecule has 0 aliphatic heterocycles. The molecule has 0 aliphatic carbocycles. The van der Waals surface area contributed by atoms with Crippen LogP contribution in [0.25, 0.3) is 0 Å². The first-order valence-corrected chi connectivity index (χ1v) is 6.74. The van der Waals surface area contributed by atoms with Crippen molar-refractivity contribution in [2.75, 3.05) is 27.9 Å². The predicted molar refractivity (Wildman–Crippen MR) is 79.2 cm³/mol. The van der Waals surface area contributed by atoms with Crippen LogP contribution in [-0.4, -0.2) is 39.1 Å². The number of aliphatic hydroxyl groups excluding tert-OH is 1. The molecule has 1 aromatic rings. The summed E-state index contributed by atoms with van der Waals surface area (Å²) in [6, 6.07) is 1.77. The van der Waals surface area contributed by atoms with Crippen molar-refractivity contribution in [3.8, 4) is 17.2 Å². The van der Waals surface area contributed by atoms with E-state index in [0.29, 0.717) is 28.7 Å². The molecule has 6 heteroatoms. The topological polar surface area (TPSA) is 73.9 Å². The molecule has 5 nitrogen and oxygen atoms in total. The number of halogens is 1. The second-order valence-electron chi connectivity index (χ2n) is 4.57. The van der Waals surface area contributed by atoms with E-state index in [1.807, 2.05) is 6.92 Å². The fraction of sp³-hybridized carbons (Fsp3) is 0.571. The summed E-state index contributed by atoms with van der Waals surface area (Å²) in [5.74, 6) is 1.46. The van der Waals surface area contributed by atoms with Gasteiger partial charge in [0.15, 0.2) is 11.5 Å². The molecule has 114 valence electrons. The zero-order chi connectivity index (χ0) is 15.3. The molecular formula is C14H22ClNO4. The van der Waals surface area contributed by atoms with Gasteiger partial charge in [-0.3, -0.25) is 0 Å². The minimum atomic E-state index is -0.568. The van der Waals surface area contributed by atoms with Crippen LogP contribution >= 0.6 is 11.6 Å². The first kappa shape index (κ1) is 16.9. The number of nitrogens with two attached hydrogens (primary N) is 1. The number of ether oxygens (including phenoxy) is 3. The van der Waals surface area contributed by atoms with Crippen LogP contribution in [0.1, 0.15) is 24.8 Å². The van der Waals surface area contributed by atoms with Crippen LogP contribution in [0.3, 0.4) is 0 Å². The minimum Gasteiger partial charge on any atom is -0.492 e. The first-order valence-electron chi connectivity index (χ1n) is 6.36. The maximum atomic E-state index is 9.70. The Bertz CT molecular complexity index is 453. The Hall–Kier alpha value is -1.17. The summed E-state index contributed by atoms with van der Waals surface area (Å²) in [4.78, 5) is 0. The van der Waals surface area contributed by atoms with Crippen molar-refractivity contribution in [1.82, 2.24) is 0 Å². The summed E-state index contributed by atoms with van der Waals surface area (Å²) in [7, 11) is 4.60. The number of hydrogen-bond donors (Lipinski definition) is 2. The molecule has 3 N–H and O–H groups in total. The monoisotopic (exact) mass is 303 g/mol. The highest BCUT2D eigenvalue weighted by Gasteiger charge is 2.24. The van der Waals surface area contributed by atoms with Crippen molar-refractivity contribution >= 4 is 11.6 Å². The number of aliphatic hydroxyl groups is 1. The fourth-order valence-corrected chi connectivity index (χ4v) is 2.47. The fourth-order valence-electron chi connectivity index (χ4n) is 2.19. The lowest BCUT2D eigenvalue weighted by molar-refractivity contribution is 0.164. The zero-order valence-corrected chi connectivity index (χ0v) is 13.0. The van der Waals surface area contributed by atoms with Crippen LogP contribution < -0.4 is 19.9 Å². The molecule has 1 aromatic carbocycles. The van der Waals surface area contributed by atoms with Crippen molar-refractivity contribution in [2.45, 2.75) is 25.4 Å². The Morgan fingerprint density at radius 1 is 1.15 bits per heavy atom. The lowest BCUT2D eigenvalue weighted by Gasteiger charge is -2.22. The first-order chi connectivity index (χ1) is 9.49. The van der Waals surface area contributed by atoms with Crippen molar-refractivity contribution in [3.05, 3.63) is 16.7 Å². The standard InChI is InChI=1S/C14H22ClNO4/c1-8(5-9(17)7-16)10-6-11(15)13(19-3)14(20-4)12(10)18-2/h6,8-9,17H,5,7,16H2,1-4H3. The van der Waals surface area contributed by atoms with Crippen LogP contribution in [0.4, 0.5) is 0 Å². The van der Waals surface area contributed by atoms with Crippen LogP contribution in [0.2, 0.25) is 5.02 Å². The number of rotatable bonds is 7. The summed E-state index contributed by atoms with van der Waals surface area (Å²) >= 11 is 6.21. The zero-order valence-electron chi connectivity index (χ0n) is 12.3. The second-order valence-corrected chi connectivity index (χ2v) is 4.98. The molecule has 0 heterocycles. The van der Waals surface area contributed by atoms with Crippen molar-refractivity contribution in [1.29, 1.82) is 0 Å². The summed E-state index contributed by atoms with van der Waals surface area (Å²) < 4.78 is 16.0. The van der Waals surface area contributed by atoms with Crippen LogP contribution in [-0.2, 0) is 0 Å². The van der Waals surface area contributed by atoms with E-state index >= 15 is 0 Å². The molecule has 0 bridgehead atoms. The van der Waals surface area contributed by atoms with E-state index in [9.17, 15) is 5.11 Å². The number of benzene rings is 1. The summed E-state index contributed by atoms with van der Waals surface area (Å²) in [6.07, 6.45) is -0.0554. The summed E-state index contributed by atoms with van der Waals surface area (Å²) in [5, 5.41) is 10.1. The largest absolute Gasteiger partial charge is 0.492 e. The average molecular weight is 304 g/mol. The van der Waals surface area contributed by atoms with E-state index in [0.717, 1.165) is 5.56 Å². The van der Waals surface area contributed by atoms with E-state index in [1.165, 1.54) is 14.2 Å². The molecule has 20 heavy (non-hydrogen) atoms. The maximum Gasteiger partial charge on any atom is 0.205 e. The number of hydrogen-bond acceptors (Lipinski definition) is 5. The molecule has 0 radical (unpaired) electrons. The molecule has 1 rings (SSSR count). The van der Waals surface area contributed by atoms with Gasteiger partial charge in [0.1, 0.15) is 0 Å². The van der Waals surface area contributed by atoms with Gasteiger partial charge in [-0.25, -0.2) is 0 Å². The van der Waals surface area contributed by atoms with Gasteiger partial charge in [0.2, 0.25) is 5.75 Å². The van der Waals surface area contributed by atoms with Gasteiger partial charge in [0, 0.05) is 12.1 Å². The molecule has 0 saturated heterocycles. The van der Waals surface area contributed by atoms with Gasteiger partial charge in [0.05, 0.1) is 32.5 Å². The highest BCUT2D eigenvalue weighted by Crippen LogP contribution is 2.47. The third-order valence-electron chi connectivity index (χ3n) is 3.21.